The fourth-order valence-corrected chi connectivity index (χ4v) is 2.86. The quantitative estimate of drug-likeness (QED) is 0.640. The van der Waals surface area contributed by atoms with Crippen molar-refractivity contribution >= 4 is 17.3 Å². The van der Waals surface area contributed by atoms with E-state index in [1.54, 1.807) is 30.3 Å². The number of carbonyl (C=O) groups excluding carboxylic acids is 1. The lowest BCUT2D eigenvalue weighted by molar-refractivity contribution is -0.547. The van der Waals surface area contributed by atoms with Crippen LogP contribution in [0.3, 0.4) is 0 Å². The van der Waals surface area contributed by atoms with Gasteiger partial charge in [-0.05, 0) is 35.9 Å². The number of methoxy groups -OCH3 is 1. The van der Waals surface area contributed by atoms with Gasteiger partial charge in [-0.3, -0.25) is 19.8 Å². The summed E-state index contributed by atoms with van der Waals surface area (Å²) in [6.45, 7) is 1.26. The van der Waals surface area contributed by atoms with Crippen molar-refractivity contribution in [1.29, 1.82) is 0 Å². The summed E-state index contributed by atoms with van der Waals surface area (Å²) in [5.74, 6) is -0.800. The Kier molecular flexibility index (Phi) is 3.71. The van der Waals surface area contributed by atoms with Gasteiger partial charge in [0.2, 0.25) is 0 Å². The van der Waals surface area contributed by atoms with Crippen molar-refractivity contribution in [2.75, 3.05) is 12.0 Å². The molecular weight excluding hydrogens is 315 g/mol. The van der Waals surface area contributed by atoms with Gasteiger partial charge in [-0.15, -0.1) is 0 Å². The van der Waals surface area contributed by atoms with Crippen molar-refractivity contribution in [3.05, 3.63) is 64.0 Å². The Morgan fingerprint density at radius 2 is 1.92 bits per heavy atom. The molecule has 3 rings (SSSR count). The molecule has 124 valence electrons. The predicted octanol–water partition coefficient (Wildman–Crippen LogP) is 3.09. The first-order valence-corrected chi connectivity index (χ1v) is 7.29. The molecule has 0 aliphatic carbocycles. The number of carbonyl (C=O) groups is 1. The van der Waals surface area contributed by atoms with Crippen LogP contribution < -0.4 is 9.64 Å². The highest BCUT2D eigenvalue weighted by Crippen LogP contribution is 2.40. The van der Waals surface area contributed by atoms with E-state index in [4.69, 9.17) is 4.74 Å². The number of nitrogens with zero attached hydrogens (tertiary/aromatic N) is 2. The zero-order valence-electron chi connectivity index (χ0n) is 13.2. The summed E-state index contributed by atoms with van der Waals surface area (Å²) in [5, 5.41) is 11.5. The molecule has 1 heterocycles. The largest absolute Gasteiger partial charge is 0.497 e. The second-order valence-corrected chi connectivity index (χ2v) is 5.79. The summed E-state index contributed by atoms with van der Waals surface area (Å²) >= 11 is 0. The Morgan fingerprint density at radius 3 is 2.50 bits per heavy atom. The van der Waals surface area contributed by atoms with Gasteiger partial charge in [0, 0.05) is 17.5 Å². The number of benzene rings is 2. The third-order valence-electron chi connectivity index (χ3n) is 4.23. The van der Waals surface area contributed by atoms with Gasteiger partial charge in [-0.2, -0.15) is 0 Å². The first-order chi connectivity index (χ1) is 11.4. The Morgan fingerprint density at radius 1 is 1.25 bits per heavy atom. The van der Waals surface area contributed by atoms with Gasteiger partial charge < -0.3 is 4.74 Å². The highest BCUT2D eigenvalue weighted by atomic mass is 19.1. The van der Waals surface area contributed by atoms with Crippen LogP contribution in [0, 0.1) is 15.9 Å². The molecule has 2 aromatic carbocycles. The number of halogens is 1. The molecule has 24 heavy (non-hydrogen) atoms. The van der Waals surface area contributed by atoms with Gasteiger partial charge in [0.25, 0.3) is 0 Å². The van der Waals surface area contributed by atoms with Gasteiger partial charge in [-0.25, -0.2) is 4.39 Å². The smallest absolute Gasteiger partial charge is 0.309 e. The van der Waals surface area contributed by atoms with Crippen LogP contribution in [0.5, 0.6) is 5.75 Å². The molecule has 0 aromatic heterocycles. The molecule has 0 fully saturated rings. The zero-order chi connectivity index (χ0) is 17.5. The maximum atomic E-state index is 14.4. The standard InChI is InChI=1S/C17H15FN2O4/c1-17(20(22)23)10-11-4-3-5-14(18)15(11)19(16(17)21)12-6-8-13(24-2)9-7-12/h3-9H,10H2,1-2H3/t17-/m0/s1. The molecular formula is C17H15FN2O4. The molecule has 1 aliphatic heterocycles. The van der Waals surface area contributed by atoms with Crippen LogP contribution in [0.2, 0.25) is 0 Å². The molecule has 0 N–H and O–H groups in total. The summed E-state index contributed by atoms with van der Waals surface area (Å²) in [6, 6.07) is 10.7. The molecule has 0 bridgehead atoms. The van der Waals surface area contributed by atoms with Crippen molar-refractivity contribution in [3.63, 3.8) is 0 Å². The molecule has 0 radical (unpaired) electrons. The topological polar surface area (TPSA) is 72.7 Å². The first kappa shape index (κ1) is 15.9. The number of rotatable bonds is 3. The van der Waals surface area contributed by atoms with E-state index in [2.05, 4.69) is 0 Å². The van der Waals surface area contributed by atoms with Gasteiger partial charge in [0.15, 0.2) is 0 Å². The number of fused-ring (bicyclic) bond motifs is 1. The van der Waals surface area contributed by atoms with Crippen LogP contribution in [0.1, 0.15) is 12.5 Å². The van der Waals surface area contributed by atoms with E-state index in [1.165, 1.54) is 26.2 Å². The predicted molar refractivity (Wildman–Crippen MR) is 85.6 cm³/mol. The average molecular weight is 330 g/mol. The van der Waals surface area contributed by atoms with Crippen LogP contribution in [0.25, 0.3) is 0 Å². The van der Waals surface area contributed by atoms with Crippen LogP contribution in [-0.4, -0.2) is 23.5 Å². The number of ether oxygens (including phenoxy) is 1. The third-order valence-corrected chi connectivity index (χ3v) is 4.23. The zero-order valence-corrected chi connectivity index (χ0v) is 13.2. The van der Waals surface area contributed by atoms with Gasteiger partial charge >= 0.3 is 11.4 Å². The molecule has 7 heteroatoms. The van der Waals surface area contributed by atoms with E-state index < -0.39 is 22.2 Å². The minimum Gasteiger partial charge on any atom is -0.497 e. The van der Waals surface area contributed by atoms with Gasteiger partial charge in [0.05, 0.1) is 19.2 Å². The van der Waals surface area contributed by atoms with Gasteiger partial charge in [0.1, 0.15) is 11.6 Å². The van der Waals surface area contributed by atoms with Crippen LogP contribution >= 0.6 is 0 Å². The lowest BCUT2D eigenvalue weighted by atomic mass is 9.86. The number of hydrogen-bond donors (Lipinski definition) is 0. The minimum absolute atomic E-state index is 0.0620. The van der Waals surface area contributed by atoms with E-state index >= 15 is 0 Å². The molecule has 1 atom stereocenters. The summed E-state index contributed by atoms with van der Waals surface area (Å²) in [6.07, 6.45) is -0.154. The summed E-state index contributed by atoms with van der Waals surface area (Å²) < 4.78 is 19.5. The van der Waals surface area contributed by atoms with Crippen molar-refractivity contribution < 1.29 is 18.8 Å². The van der Waals surface area contributed by atoms with Crippen molar-refractivity contribution in [1.82, 2.24) is 0 Å². The Bertz CT molecular complexity index is 822. The Hall–Kier alpha value is -2.96. The third kappa shape index (κ3) is 2.29. The summed E-state index contributed by atoms with van der Waals surface area (Å²) in [5.41, 5.74) is -1.02. The fraction of sp³-hybridized carbons (Fsp3) is 0.235. The molecule has 1 aliphatic rings. The summed E-state index contributed by atoms with van der Waals surface area (Å²) in [7, 11) is 1.50. The molecule has 0 unspecified atom stereocenters. The number of anilines is 2. The normalized spacial score (nSPS) is 19.8. The first-order valence-electron chi connectivity index (χ1n) is 7.29. The van der Waals surface area contributed by atoms with Crippen molar-refractivity contribution in [3.8, 4) is 5.75 Å². The van der Waals surface area contributed by atoms with Crippen LogP contribution in [-0.2, 0) is 11.2 Å². The highest BCUT2D eigenvalue weighted by Gasteiger charge is 2.53. The van der Waals surface area contributed by atoms with E-state index in [9.17, 15) is 19.3 Å². The molecule has 6 nitrogen and oxygen atoms in total. The van der Waals surface area contributed by atoms with E-state index in [0.717, 1.165) is 4.90 Å². The van der Waals surface area contributed by atoms with Crippen LogP contribution in [0.4, 0.5) is 15.8 Å². The average Bonchev–Trinajstić information content (AvgIpc) is 2.57. The highest BCUT2D eigenvalue weighted by molar-refractivity contribution is 6.07. The Labute approximate surface area is 137 Å². The second kappa shape index (κ2) is 5.59. The van der Waals surface area contributed by atoms with Crippen molar-refractivity contribution in [2.45, 2.75) is 18.9 Å². The molecule has 0 saturated heterocycles. The Balaban J connectivity index is 2.21. The molecule has 1 amide bonds. The fourth-order valence-electron chi connectivity index (χ4n) is 2.86. The number of para-hydroxylation sites is 1. The SMILES string of the molecule is COc1ccc(N2C(=O)[C@@](C)([N+](=O)[O-])Cc3cccc(F)c32)cc1. The maximum Gasteiger partial charge on any atom is 0.309 e. The number of hydrogen-bond acceptors (Lipinski definition) is 4. The van der Waals surface area contributed by atoms with Crippen LogP contribution in [0.15, 0.2) is 42.5 Å². The minimum atomic E-state index is -1.85. The number of amides is 1. The van der Waals surface area contributed by atoms with E-state index in [-0.39, 0.29) is 12.1 Å². The van der Waals surface area contributed by atoms with Crippen molar-refractivity contribution in [2.24, 2.45) is 0 Å². The number of nitro groups is 1. The molecule has 2 aromatic rings. The lowest BCUT2D eigenvalue weighted by Gasteiger charge is -2.35. The van der Waals surface area contributed by atoms with E-state index in [0.29, 0.717) is 17.0 Å². The van der Waals surface area contributed by atoms with E-state index in [1.807, 2.05) is 0 Å². The monoisotopic (exact) mass is 330 g/mol. The molecule has 0 saturated carbocycles. The second-order valence-electron chi connectivity index (χ2n) is 5.79. The maximum absolute atomic E-state index is 14.4. The summed E-state index contributed by atoms with van der Waals surface area (Å²) in [4.78, 5) is 24.8. The molecule has 0 spiro atoms. The van der Waals surface area contributed by atoms with Gasteiger partial charge in [-0.1, -0.05) is 12.1 Å². The lowest BCUT2D eigenvalue weighted by Crippen LogP contribution is -2.55.